The Kier molecular flexibility index (Phi) is 4.03. The van der Waals surface area contributed by atoms with Crippen LogP contribution < -0.4 is 5.32 Å². The Bertz CT molecular complexity index is 946. The smallest absolute Gasteiger partial charge is 0.272 e. The number of halogens is 1. The lowest BCUT2D eigenvalue weighted by atomic mass is 10.1. The Balaban J connectivity index is 1.67. The van der Waals surface area contributed by atoms with Crippen LogP contribution in [-0.2, 0) is 7.05 Å². The van der Waals surface area contributed by atoms with Crippen molar-refractivity contribution in [2.24, 2.45) is 13.0 Å². The average molecular weight is 400 g/mol. The molecular formula is C18H18BrN5O. The van der Waals surface area contributed by atoms with E-state index >= 15 is 0 Å². The van der Waals surface area contributed by atoms with Crippen molar-refractivity contribution in [1.82, 2.24) is 24.8 Å². The van der Waals surface area contributed by atoms with E-state index in [9.17, 15) is 4.79 Å². The predicted octanol–water partition coefficient (Wildman–Crippen LogP) is 3.32. The average Bonchev–Trinajstić information content (AvgIpc) is 3.38. The van der Waals surface area contributed by atoms with Gasteiger partial charge in [-0.1, -0.05) is 15.9 Å². The van der Waals surface area contributed by atoms with Crippen LogP contribution in [0.5, 0.6) is 0 Å². The highest BCUT2D eigenvalue weighted by Crippen LogP contribution is 2.41. The van der Waals surface area contributed by atoms with E-state index in [2.05, 4.69) is 35.8 Å². The van der Waals surface area contributed by atoms with Crippen LogP contribution in [0.25, 0.3) is 11.0 Å². The molecular weight excluding hydrogens is 382 g/mol. The summed E-state index contributed by atoms with van der Waals surface area (Å²) in [4.78, 5) is 25.7. The van der Waals surface area contributed by atoms with E-state index in [-0.39, 0.29) is 11.9 Å². The monoisotopic (exact) mass is 399 g/mol. The fourth-order valence-corrected chi connectivity index (χ4v) is 3.37. The molecule has 1 fully saturated rings. The molecule has 1 atom stereocenters. The van der Waals surface area contributed by atoms with Gasteiger partial charge in [0.25, 0.3) is 5.91 Å². The second kappa shape index (κ2) is 6.22. The van der Waals surface area contributed by atoms with E-state index < -0.39 is 0 Å². The Morgan fingerprint density at radius 2 is 2.12 bits per heavy atom. The minimum absolute atomic E-state index is 0.119. The molecule has 0 aliphatic heterocycles. The quantitative estimate of drug-likeness (QED) is 0.730. The van der Waals surface area contributed by atoms with Crippen molar-refractivity contribution in [3.8, 4) is 0 Å². The van der Waals surface area contributed by atoms with Gasteiger partial charge in [0.1, 0.15) is 11.5 Å². The van der Waals surface area contributed by atoms with Crippen LogP contribution in [0.15, 0.2) is 35.1 Å². The van der Waals surface area contributed by atoms with Crippen molar-refractivity contribution >= 4 is 32.9 Å². The van der Waals surface area contributed by atoms with E-state index in [1.807, 2.05) is 32.2 Å². The highest BCUT2D eigenvalue weighted by molar-refractivity contribution is 9.10. The number of amides is 1. The molecule has 1 N–H and O–H groups in total. The molecule has 0 radical (unpaired) electrons. The van der Waals surface area contributed by atoms with Gasteiger partial charge in [-0.05, 0) is 43.9 Å². The van der Waals surface area contributed by atoms with Crippen molar-refractivity contribution in [1.29, 1.82) is 0 Å². The standard InChI is InChI=1S/C18H18BrN5O/c1-10-8-21-14(9-20-10)18(25)23-16(11-3-4-11)17-22-13-7-12(19)5-6-15(13)24(17)2/h5-9,11,16H,3-4H2,1-2H3,(H,23,25)/t16-/m0/s1. The van der Waals surface area contributed by atoms with Gasteiger partial charge in [-0.3, -0.25) is 9.78 Å². The van der Waals surface area contributed by atoms with Crippen molar-refractivity contribution in [2.75, 3.05) is 0 Å². The second-order valence-electron chi connectivity index (χ2n) is 6.49. The summed E-state index contributed by atoms with van der Waals surface area (Å²) in [5.41, 5.74) is 3.09. The largest absolute Gasteiger partial charge is 0.340 e. The topological polar surface area (TPSA) is 72.7 Å². The number of carbonyl (C=O) groups excluding carboxylic acids is 1. The Morgan fingerprint density at radius 3 is 2.80 bits per heavy atom. The molecule has 6 nitrogen and oxygen atoms in total. The Labute approximate surface area is 153 Å². The molecule has 0 unspecified atom stereocenters. The molecule has 3 aromatic rings. The zero-order valence-electron chi connectivity index (χ0n) is 14.0. The minimum Gasteiger partial charge on any atom is -0.340 e. The fraction of sp³-hybridized carbons (Fsp3) is 0.333. The number of aryl methyl sites for hydroxylation is 2. The number of imidazole rings is 1. The molecule has 1 aromatic carbocycles. The SMILES string of the molecule is Cc1cnc(C(=O)N[C@H](c2nc3cc(Br)ccc3n2C)C2CC2)cn1. The van der Waals surface area contributed by atoms with E-state index in [0.29, 0.717) is 11.6 Å². The van der Waals surface area contributed by atoms with Gasteiger partial charge in [0.2, 0.25) is 0 Å². The molecule has 7 heteroatoms. The lowest BCUT2D eigenvalue weighted by molar-refractivity contribution is 0.0923. The highest BCUT2D eigenvalue weighted by Gasteiger charge is 2.36. The predicted molar refractivity (Wildman–Crippen MR) is 98.1 cm³/mol. The summed E-state index contributed by atoms with van der Waals surface area (Å²) in [6, 6.07) is 5.91. The first kappa shape index (κ1) is 16.2. The summed E-state index contributed by atoms with van der Waals surface area (Å²) in [6.07, 6.45) is 5.31. The van der Waals surface area contributed by atoms with Crippen molar-refractivity contribution in [3.05, 3.63) is 52.3 Å². The van der Waals surface area contributed by atoms with Crippen molar-refractivity contribution in [2.45, 2.75) is 25.8 Å². The highest BCUT2D eigenvalue weighted by atomic mass is 79.9. The number of nitrogens with one attached hydrogen (secondary N) is 1. The number of fused-ring (bicyclic) bond motifs is 1. The van der Waals surface area contributed by atoms with Crippen LogP contribution in [0, 0.1) is 12.8 Å². The van der Waals surface area contributed by atoms with E-state index in [1.165, 1.54) is 6.20 Å². The molecule has 1 aliphatic rings. The summed E-state index contributed by atoms with van der Waals surface area (Å²) >= 11 is 3.49. The Morgan fingerprint density at radius 1 is 1.32 bits per heavy atom. The third-order valence-corrected chi connectivity index (χ3v) is 5.04. The van der Waals surface area contributed by atoms with Crippen LogP contribution in [-0.4, -0.2) is 25.4 Å². The van der Waals surface area contributed by atoms with Crippen LogP contribution in [0.1, 0.15) is 40.9 Å². The first-order valence-corrected chi connectivity index (χ1v) is 9.03. The molecule has 0 spiro atoms. The summed E-state index contributed by atoms with van der Waals surface area (Å²) in [5.74, 6) is 1.09. The van der Waals surface area contributed by atoms with E-state index in [0.717, 1.165) is 39.9 Å². The van der Waals surface area contributed by atoms with Gasteiger partial charge in [0.15, 0.2) is 0 Å². The van der Waals surface area contributed by atoms with Gasteiger partial charge in [0, 0.05) is 17.7 Å². The molecule has 1 amide bonds. The maximum absolute atomic E-state index is 12.6. The summed E-state index contributed by atoms with van der Waals surface area (Å²) in [7, 11) is 1.99. The van der Waals surface area contributed by atoms with E-state index in [4.69, 9.17) is 4.98 Å². The molecule has 4 rings (SSSR count). The minimum atomic E-state index is -0.211. The summed E-state index contributed by atoms with van der Waals surface area (Å²) in [6.45, 7) is 1.85. The normalized spacial score (nSPS) is 15.3. The maximum Gasteiger partial charge on any atom is 0.272 e. The second-order valence-corrected chi connectivity index (χ2v) is 7.41. The third-order valence-electron chi connectivity index (χ3n) is 4.55. The molecule has 2 heterocycles. The van der Waals surface area contributed by atoms with Crippen LogP contribution in [0.3, 0.4) is 0 Å². The lowest BCUT2D eigenvalue weighted by Gasteiger charge is -2.18. The fourth-order valence-electron chi connectivity index (χ4n) is 3.02. The number of carbonyl (C=O) groups is 1. The van der Waals surface area contributed by atoms with E-state index in [1.54, 1.807) is 6.20 Å². The van der Waals surface area contributed by atoms with Gasteiger partial charge in [-0.15, -0.1) is 0 Å². The first-order valence-electron chi connectivity index (χ1n) is 8.24. The maximum atomic E-state index is 12.6. The molecule has 2 aromatic heterocycles. The first-order chi connectivity index (χ1) is 12.0. The molecule has 1 aliphatic carbocycles. The van der Waals surface area contributed by atoms with Gasteiger partial charge in [0.05, 0.1) is 29.0 Å². The summed E-state index contributed by atoms with van der Waals surface area (Å²) < 4.78 is 3.05. The number of hydrogen-bond donors (Lipinski definition) is 1. The van der Waals surface area contributed by atoms with Crippen LogP contribution in [0.2, 0.25) is 0 Å². The van der Waals surface area contributed by atoms with Crippen LogP contribution in [0.4, 0.5) is 0 Å². The summed E-state index contributed by atoms with van der Waals surface area (Å²) in [5, 5.41) is 3.11. The third kappa shape index (κ3) is 3.16. The van der Waals surface area contributed by atoms with Gasteiger partial charge in [-0.25, -0.2) is 9.97 Å². The van der Waals surface area contributed by atoms with Gasteiger partial charge >= 0.3 is 0 Å². The molecule has 25 heavy (non-hydrogen) atoms. The number of nitrogens with zero attached hydrogens (tertiary/aromatic N) is 4. The zero-order valence-corrected chi connectivity index (χ0v) is 15.6. The van der Waals surface area contributed by atoms with Crippen molar-refractivity contribution < 1.29 is 4.79 Å². The van der Waals surface area contributed by atoms with Crippen molar-refractivity contribution in [3.63, 3.8) is 0 Å². The molecule has 0 bridgehead atoms. The zero-order chi connectivity index (χ0) is 17.6. The number of aromatic nitrogens is 4. The number of benzene rings is 1. The molecule has 1 saturated carbocycles. The van der Waals surface area contributed by atoms with Crippen LogP contribution >= 0.6 is 15.9 Å². The number of hydrogen-bond acceptors (Lipinski definition) is 4. The molecule has 128 valence electrons. The number of rotatable bonds is 4. The molecule has 0 saturated heterocycles. The van der Waals surface area contributed by atoms with Gasteiger partial charge in [-0.2, -0.15) is 0 Å². The lowest BCUT2D eigenvalue weighted by Crippen LogP contribution is -2.32. The van der Waals surface area contributed by atoms with Gasteiger partial charge < -0.3 is 9.88 Å². The Hall–Kier alpha value is -2.28.